The molecule has 1 atom stereocenters. The van der Waals surface area contributed by atoms with Crippen LogP contribution in [0, 0.1) is 0 Å². The molecule has 224 valence electrons. The molecule has 0 aromatic heterocycles. The van der Waals surface area contributed by atoms with Crippen molar-refractivity contribution >= 4 is 21.6 Å². The van der Waals surface area contributed by atoms with Gasteiger partial charge in [0.2, 0.25) is 0 Å². The summed E-state index contributed by atoms with van der Waals surface area (Å²) in [5, 5.41) is 11.4. The van der Waals surface area contributed by atoms with Gasteiger partial charge in [-0.2, -0.15) is 0 Å². The van der Waals surface area contributed by atoms with Crippen molar-refractivity contribution in [3.8, 4) is 0 Å². The summed E-state index contributed by atoms with van der Waals surface area (Å²) in [6, 6.07) is 0.485. The quantitative estimate of drug-likeness (QED) is 0.0622. The van der Waals surface area contributed by atoms with Crippen LogP contribution < -0.4 is 5.32 Å². The van der Waals surface area contributed by atoms with Crippen LogP contribution in [0.4, 0.5) is 0 Å². The molecule has 37 heavy (non-hydrogen) atoms. The maximum absolute atomic E-state index is 8.11. The molecule has 0 saturated carbocycles. The number of allylic oxidation sites excluding steroid dienone is 1. The average Bonchev–Trinajstić information content (AvgIpc) is 2.82. The standard InChI is InChI=1S/C21H45N2O5S2.C5H10O.W/c1-19(2)23-9-12-26-15-13-24-10-7-21(6,30-29-20(3,4)5)28-18-17-27-16-14-25-11-8-22;1-2-3-4-5-6;/h19,22-23H,7-18H2,1-6H3;3-4,6H,2,5H2,1H3;/q-1;;/b;4-3+;. The van der Waals surface area contributed by atoms with Gasteiger partial charge in [-0.15, -0.1) is 6.54 Å². The maximum Gasteiger partial charge on any atom is 0.123 e. The fourth-order valence-electron chi connectivity index (χ4n) is 2.30. The van der Waals surface area contributed by atoms with E-state index in [-0.39, 0.29) is 43.9 Å². The zero-order valence-corrected chi connectivity index (χ0v) is 28.9. The second-order valence-corrected chi connectivity index (χ2v) is 12.8. The number of rotatable bonds is 23. The molecule has 11 heteroatoms. The van der Waals surface area contributed by atoms with Crippen molar-refractivity contribution in [2.75, 3.05) is 79.2 Å². The topological polar surface area (TPSA) is 102 Å². The van der Waals surface area contributed by atoms with E-state index in [0.717, 1.165) is 19.4 Å². The molecule has 0 bridgehead atoms. The largest absolute Gasteiger partial charge is 0.676 e. The van der Waals surface area contributed by atoms with Gasteiger partial charge in [0, 0.05) is 51.4 Å². The summed E-state index contributed by atoms with van der Waals surface area (Å²) in [5.41, 5.74) is 7.02. The molecule has 0 fully saturated rings. The Balaban J connectivity index is -0.00000146. The van der Waals surface area contributed by atoms with Crippen molar-refractivity contribution in [3.63, 3.8) is 0 Å². The van der Waals surface area contributed by atoms with E-state index < -0.39 is 0 Å². The Kier molecular flexibility index (Phi) is 34.0. The average molecular weight is 740 g/mol. The first-order valence-electron chi connectivity index (χ1n) is 13.1. The van der Waals surface area contributed by atoms with E-state index >= 15 is 0 Å². The summed E-state index contributed by atoms with van der Waals surface area (Å²) in [7, 11) is 3.58. The molecular weight excluding hydrogens is 684 g/mol. The van der Waals surface area contributed by atoms with E-state index in [0.29, 0.717) is 65.5 Å². The molecule has 0 aliphatic carbocycles. The molecule has 0 aromatic rings. The van der Waals surface area contributed by atoms with Crippen LogP contribution in [0.1, 0.15) is 61.3 Å². The monoisotopic (exact) mass is 739 g/mol. The van der Waals surface area contributed by atoms with Crippen LogP contribution in [0.15, 0.2) is 12.2 Å². The van der Waals surface area contributed by atoms with Crippen molar-refractivity contribution < 1.29 is 49.9 Å². The van der Waals surface area contributed by atoms with E-state index in [1.165, 1.54) is 0 Å². The summed E-state index contributed by atoms with van der Waals surface area (Å²) >= 11 is 0. The summed E-state index contributed by atoms with van der Waals surface area (Å²) in [5.74, 6) is 0. The number of nitrogens with one attached hydrogen (secondary N) is 2. The van der Waals surface area contributed by atoms with Gasteiger partial charge in [-0.3, -0.25) is 0 Å². The minimum absolute atomic E-state index is 0. The smallest absolute Gasteiger partial charge is 0.123 e. The number of hydrogen-bond acceptors (Lipinski definition) is 9. The molecule has 0 radical (unpaired) electrons. The van der Waals surface area contributed by atoms with E-state index in [4.69, 9.17) is 34.5 Å². The van der Waals surface area contributed by atoms with Gasteiger partial charge >= 0.3 is 0 Å². The first-order valence-corrected chi connectivity index (χ1v) is 15.2. The molecule has 3 N–H and O–H groups in total. The number of aliphatic hydroxyl groups is 1. The Hall–Kier alpha value is 0.808. The third-order valence-electron chi connectivity index (χ3n) is 4.10. The molecule has 0 aliphatic rings. The fourth-order valence-corrected chi connectivity index (χ4v) is 4.70. The minimum Gasteiger partial charge on any atom is -0.676 e. The van der Waals surface area contributed by atoms with Crippen LogP contribution in [0.25, 0.3) is 5.73 Å². The van der Waals surface area contributed by atoms with E-state index in [1.54, 1.807) is 16.9 Å². The zero-order valence-electron chi connectivity index (χ0n) is 24.3. The van der Waals surface area contributed by atoms with Gasteiger partial charge in [0.25, 0.3) is 0 Å². The first-order chi connectivity index (χ1) is 17.1. The summed E-state index contributed by atoms with van der Waals surface area (Å²) in [6.07, 6.45) is 5.48. The molecule has 0 amide bonds. The molecular formula is C26H55N2O6S2W-. The van der Waals surface area contributed by atoms with Crippen LogP contribution in [-0.4, -0.2) is 100.0 Å². The Bertz CT molecular complexity index is 482. The Labute approximate surface area is 249 Å². The first kappa shape index (κ1) is 42.3. The van der Waals surface area contributed by atoms with Crippen LogP contribution >= 0.6 is 21.6 Å². The third kappa shape index (κ3) is 36.8. The number of hydrogen-bond donors (Lipinski definition) is 2. The van der Waals surface area contributed by atoms with Crippen molar-refractivity contribution in [1.82, 2.24) is 5.32 Å². The molecule has 8 nitrogen and oxygen atoms in total. The molecule has 0 aromatic carbocycles. The third-order valence-corrected chi connectivity index (χ3v) is 8.17. The number of aliphatic hydroxyl groups excluding tert-OH is 1. The molecule has 0 heterocycles. The second kappa shape index (κ2) is 29.8. The van der Waals surface area contributed by atoms with Crippen LogP contribution in [0.2, 0.25) is 0 Å². The second-order valence-electron chi connectivity index (χ2n) is 9.38. The predicted octanol–water partition coefficient (Wildman–Crippen LogP) is 5.35. The van der Waals surface area contributed by atoms with E-state index in [2.05, 4.69) is 46.9 Å². The summed E-state index contributed by atoms with van der Waals surface area (Å²) in [6.45, 7) is 21.4. The van der Waals surface area contributed by atoms with Crippen LogP contribution in [0.3, 0.4) is 0 Å². The zero-order chi connectivity index (χ0) is 27.5. The van der Waals surface area contributed by atoms with Crippen molar-refractivity contribution in [1.29, 1.82) is 0 Å². The molecule has 0 aliphatic heterocycles. The SMILES string of the molecule is CC(C)NCCOCCOCCC(C)(OCCOCCOCC[NH-])SSC(C)(C)C.CC/C=C/CO.[W]. The molecule has 1 unspecified atom stereocenters. The Morgan fingerprint density at radius 3 is 1.84 bits per heavy atom. The summed E-state index contributed by atoms with van der Waals surface area (Å²) < 4.78 is 28.4. The maximum atomic E-state index is 8.11. The Morgan fingerprint density at radius 2 is 1.35 bits per heavy atom. The van der Waals surface area contributed by atoms with Gasteiger partial charge < -0.3 is 39.8 Å². The van der Waals surface area contributed by atoms with Crippen LogP contribution in [-0.2, 0) is 44.7 Å². The van der Waals surface area contributed by atoms with Gasteiger partial charge in [-0.25, -0.2) is 0 Å². The minimum atomic E-state index is -0.342. The molecule has 0 rings (SSSR count). The Morgan fingerprint density at radius 1 is 0.811 bits per heavy atom. The van der Waals surface area contributed by atoms with Crippen molar-refractivity contribution in [2.45, 2.75) is 77.0 Å². The van der Waals surface area contributed by atoms with E-state index in [9.17, 15) is 0 Å². The normalized spacial score (nSPS) is 13.4. The van der Waals surface area contributed by atoms with Gasteiger partial charge in [0.1, 0.15) is 4.93 Å². The molecule has 0 spiro atoms. The fraction of sp³-hybridized carbons (Fsp3) is 0.923. The van der Waals surface area contributed by atoms with Gasteiger partial charge in [-0.05, 0) is 13.3 Å². The van der Waals surface area contributed by atoms with Crippen molar-refractivity contribution in [2.24, 2.45) is 0 Å². The van der Waals surface area contributed by atoms with Gasteiger partial charge in [-0.1, -0.05) is 75.3 Å². The van der Waals surface area contributed by atoms with Gasteiger partial charge in [0.15, 0.2) is 0 Å². The molecule has 0 saturated heterocycles. The predicted molar refractivity (Wildman–Crippen MR) is 156 cm³/mol. The van der Waals surface area contributed by atoms with Crippen molar-refractivity contribution in [3.05, 3.63) is 17.9 Å². The van der Waals surface area contributed by atoms with Crippen LogP contribution in [0.5, 0.6) is 0 Å². The summed E-state index contributed by atoms with van der Waals surface area (Å²) in [4.78, 5) is -0.342. The van der Waals surface area contributed by atoms with E-state index in [1.807, 2.05) is 23.8 Å². The number of ether oxygens (including phenoxy) is 5. The van der Waals surface area contributed by atoms with Gasteiger partial charge in [0.05, 0.1) is 59.5 Å².